The van der Waals surface area contributed by atoms with E-state index in [0.717, 1.165) is 6.26 Å². The number of carbonyl (C=O) groups excluding carboxylic acids is 1. The molecule has 1 heterocycles. The van der Waals surface area contributed by atoms with Gasteiger partial charge in [0.1, 0.15) is 0 Å². The Balaban J connectivity index is 2.62. The molecule has 7 nitrogen and oxygen atoms in total. The number of pyridine rings is 1. The van der Waals surface area contributed by atoms with Crippen LogP contribution in [-0.2, 0) is 9.84 Å². The van der Waals surface area contributed by atoms with Crippen LogP contribution in [0.1, 0.15) is 6.92 Å². The lowest BCUT2D eigenvalue weighted by Crippen LogP contribution is -2.34. The van der Waals surface area contributed by atoms with E-state index >= 15 is 0 Å². The highest BCUT2D eigenvalue weighted by molar-refractivity contribution is 7.90. The van der Waals surface area contributed by atoms with Gasteiger partial charge in [-0.05, 0) is 19.1 Å². The number of aromatic nitrogens is 1. The molecule has 0 radical (unpaired) electrons. The maximum atomic E-state index is 11.3. The van der Waals surface area contributed by atoms with Gasteiger partial charge in [0.25, 0.3) is 0 Å². The minimum absolute atomic E-state index is 0.0579. The molecule has 0 bridgehead atoms. The van der Waals surface area contributed by atoms with Crippen LogP contribution in [0.2, 0.25) is 0 Å². The van der Waals surface area contributed by atoms with Crippen LogP contribution in [0.4, 0.5) is 10.5 Å². The van der Waals surface area contributed by atoms with E-state index in [1.807, 2.05) is 0 Å². The number of urea groups is 1. The Hall–Kier alpha value is -1.67. The minimum atomic E-state index is -3.34. The SMILES string of the molecule is CC(O)CNC(=O)Nc1ccc(S(C)(=O)=O)nc1. The summed E-state index contributed by atoms with van der Waals surface area (Å²) in [5.41, 5.74) is 0.366. The van der Waals surface area contributed by atoms with Crippen LogP contribution in [0.15, 0.2) is 23.4 Å². The van der Waals surface area contributed by atoms with Crippen molar-refractivity contribution in [3.05, 3.63) is 18.3 Å². The van der Waals surface area contributed by atoms with E-state index in [9.17, 15) is 13.2 Å². The molecule has 1 unspecified atom stereocenters. The third-order valence-corrected chi connectivity index (χ3v) is 2.93. The molecule has 8 heteroatoms. The number of aliphatic hydroxyl groups is 1. The molecular weight excluding hydrogens is 258 g/mol. The molecule has 1 atom stereocenters. The van der Waals surface area contributed by atoms with Crippen molar-refractivity contribution in [1.82, 2.24) is 10.3 Å². The monoisotopic (exact) mass is 273 g/mol. The van der Waals surface area contributed by atoms with Crippen molar-refractivity contribution in [2.45, 2.75) is 18.1 Å². The third-order valence-electron chi connectivity index (χ3n) is 1.93. The van der Waals surface area contributed by atoms with E-state index in [4.69, 9.17) is 5.11 Å². The van der Waals surface area contributed by atoms with Crippen molar-refractivity contribution in [2.24, 2.45) is 0 Å². The van der Waals surface area contributed by atoms with Gasteiger partial charge in [0.2, 0.25) is 0 Å². The first kappa shape index (κ1) is 14.4. The molecule has 0 spiro atoms. The zero-order valence-electron chi connectivity index (χ0n) is 10.0. The molecule has 2 amide bonds. The number of nitrogens with one attached hydrogen (secondary N) is 2. The van der Waals surface area contributed by atoms with Crippen LogP contribution < -0.4 is 10.6 Å². The minimum Gasteiger partial charge on any atom is -0.392 e. The number of rotatable bonds is 4. The van der Waals surface area contributed by atoms with Gasteiger partial charge in [0.15, 0.2) is 14.9 Å². The number of anilines is 1. The smallest absolute Gasteiger partial charge is 0.319 e. The van der Waals surface area contributed by atoms with E-state index in [1.165, 1.54) is 18.3 Å². The average Bonchev–Trinajstić information content (AvgIpc) is 2.26. The summed E-state index contributed by atoms with van der Waals surface area (Å²) in [7, 11) is -3.34. The molecule has 3 N–H and O–H groups in total. The average molecular weight is 273 g/mol. The highest BCUT2D eigenvalue weighted by atomic mass is 32.2. The number of amides is 2. The highest BCUT2D eigenvalue weighted by Gasteiger charge is 2.09. The highest BCUT2D eigenvalue weighted by Crippen LogP contribution is 2.09. The van der Waals surface area contributed by atoms with Gasteiger partial charge in [-0.25, -0.2) is 18.2 Å². The van der Waals surface area contributed by atoms with Gasteiger partial charge in [-0.15, -0.1) is 0 Å². The van der Waals surface area contributed by atoms with Crippen molar-refractivity contribution >= 4 is 21.6 Å². The van der Waals surface area contributed by atoms with Crippen LogP contribution in [0.25, 0.3) is 0 Å². The predicted octanol–water partition coefficient (Wildman–Crippen LogP) is -0.0126. The first-order chi connectivity index (χ1) is 8.29. The Labute approximate surface area is 105 Å². The van der Waals surface area contributed by atoms with Gasteiger partial charge >= 0.3 is 6.03 Å². The van der Waals surface area contributed by atoms with Crippen LogP contribution in [0, 0.1) is 0 Å². The van der Waals surface area contributed by atoms with Gasteiger partial charge in [-0.3, -0.25) is 0 Å². The number of hydrogen-bond donors (Lipinski definition) is 3. The fraction of sp³-hybridized carbons (Fsp3) is 0.400. The summed E-state index contributed by atoms with van der Waals surface area (Å²) in [6.45, 7) is 1.67. The Morgan fingerprint density at radius 2 is 2.17 bits per heavy atom. The maximum Gasteiger partial charge on any atom is 0.319 e. The Morgan fingerprint density at radius 3 is 2.61 bits per heavy atom. The largest absolute Gasteiger partial charge is 0.392 e. The van der Waals surface area contributed by atoms with Gasteiger partial charge in [-0.1, -0.05) is 0 Å². The Morgan fingerprint density at radius 1 is 1.50 bits per heavy atom. The summed E-state index contributed by atoms with van der Waals surface area (Å²) in [6.07, 6.45) is 1.66. The van der Waals surface area contributed by atoms with Gasteiger partial charge in [-0.2, -0.15) is 0 Å². The summed E-state index contributed by atoms with van der Waals surface area (Å²) in [6, 6.07) is 2.25. The molecule has 0 aliphatic carbocycles. The molecule has 0 aromatic carbocycles. The topological polar surface area (TPSA) is 108 Å². The third kappa shape index (κ3) is 4.68. The van der Waals surface area contributed by atoms with E-state index in [0.29, 0.717) is 5.69 Å². The first-order valence-corrected chi connectivity index (χ1v) is 7.07. The number of carbonyl (C=O) groups is 1. The molecule has 0 saturated heterocycles. The van der Waals surface area contributed by atoms with E-state index < -0.39 is 22.0 Å². The number of nitrogens with zero attached hydrogens (tertiary/aromatic N) is 1. The normalized spacial score (nSPS) is 12.8. The molecule has 100 valence electrons. The quantitative estimate of drug-likeness (QED) is 0.715. The van der Waals surface area contributed by atoms with Crippen LogP contribution in [-0.4, -0.2) is 43.4 Å². The number of hydrogen-bond acceptors (Lipinski definition) is 5. The van der Waals surface area contributed by atoms with E-state index in [-0.39, 0.29) is 11.6 Å². The Bertz CT molecular complexity index is 510. The Kier molecular flexibility index (Phi) is 4.62. The zero-order valence-corrected chi connectivity index (χ0v) is 10.9. The lowest BCUT2D eigenvalue weighted by molar-refractivity contribution is 0.190. The van der Waals surface area contributed by atoms with Crippen molar-refractivity contribution in [3.63, 3.8) is 0 Å². The fourth-order valence-corrected chi connectivity index (χ4v) is 1.65. The van der Waals surface area contributed by atoms with Crippen LogP contribution in [0.3, 0.4) is 0 Å². The summed E-state index contributed by atoms with van der Waals surface area (Å²) in [4.78, 5) is 15.0. The lowest BCUT2D eigenvalue weighted by atomic mass is 10.4. The standard InChI is InChI=1S/C10H15N3O4S/c1-7(14)5-12-10(15)13-8-3-4-9(11-6-8)18(2,16)17/h3-4,6-7,14H,5H2,1-2H3,(H2,12,13,15). The molecule has 1 aromatic rings. The second-order valence-corrected chi connectivity index (χ2v) is 5.80. The molecular formula is C10H15N3O4S. The van der Waals surface area contributed by atoms with Crippen molar-refractivity contribution in [3.8, 4) is 0 Å². The summed E-state index contributed by atoms with van der Waals surface area (Å²) in [5.74, 6) is 0. The number of aliphatic hydroxyl groups excluding tert-OH is 1. The molecule has 1 aromatic heterocycles. The lowest BCUT2D eigenvalue weighted by Gasteiger charge is -2.08. The maximum absolute atomic E-state index is 11.3. The molecule has 0 fully saturated rings. The zero-order chi connectivity index (χ0) is 13.8. The molecule has 0 aliphatic heterocycles. The number of sulfone groups is 1. The second-order valence-electron chi connectivity index (χ2n) is 3.84. The van der Waals surface area contributed by atoms with Crippen LogP contribution >= 0.6 is 0 Å². The molecule has 1 rings (SSSR count). The molecule has 18 heavy (non-hydrogen) atoms. The van der Waals surface area contributed by atoms with Crippen molar-refractivity contribution in [1.29, 1.82) is 0 Å². The van der Waals surface area contributed by atoms with Crippen molar-refractivity contribution < 1.29 is 18.3 Å². The summed E-state index contributed by atoms with van der Waals surface area (Å²) in [5, 5.41) is 13.8. The first-order valence-electron chi connectivity index (χ1n) is 5.18. The summed E-state index contributed by atoms with van der Waals surface area (Å²) < 4.78 is 22.3. The second kappa shape index (κ2) is 5.78. The van der Waals surface area contributed by atoms with Crippen molar-refractivity contribution in [2.75, 3.05) is 18.1 Å². The molecule has 0 saturated carbocycles. The predicted molar refractivity (Wildman–Crippen MR) is 66.0 cm³/mol. The summed E-state index contributed by atoms with van der Waals surface area (Å²) >= 11 is 0. The van der Waals surface area contributed by atoms with E-state index in [2.05, 4.69) is 15.6 Å². The van der Waals surface area contributed by atoms with Gasteiger partial charge in [0, 0.05) is 12.8 Å². The fourth-order valence-electron chi connectivity index (χ4n) is 1.09. The molecule has 0 aliphatic rings. The van der Waals surface area contributed by atoms with Gasteiger partial charge in [0.05, 0.1) is 18.0 Å². The van der Waals surface area contributed by atoms with Crippen LogP contribution in [0.5, 0.6) is 0 Å². The van der Waals surface area contributed by atoms with E-state index in [1.54, 1.807) is 6.92 Å². The van der Waals surface area contributed by atoms with Gasteiger partial charge < -0.3 is 15.7 Å².